The SMILES string of the molecule is Cc1ccc(OC(C(=O)Nc2cccc(C(=O)O)c2)c2nc3ccccc3o2)c(N(C)C(=O)n2cnc(C)n2)c1. The molecule has 5 aromatic rings. The zero-order valence-corrected chi connectivity index (χ0v) is 21.7. The van der Waals surface area contributed by atoms with Gasteiger partial charge in [-0.15, -0.1) is 5.10 Å². The molecule has 3 aromatic carbocycles. The average Bonchev–Trinajstić information content (AvgIpc) is 3.57. The van der Waals surface area contributed by atoms with Crippen molar-refractivity contribution in [1.82, 2.24) is 19.7 Å². The van der Waals surface area contributed by atoms with Crippen molar-refractivity contribution in [3.05, 3.63) is 95.9 Å². The van der Waals surface area contributed by atoms with Crippen molar-refractivity contribution < 1.29 is 28.6 Å². The summed E-state index contributed by atoms with van der Waals surface area (Å²) in [5.41, 5.74) is 2.41. The zero-order valence-electron chi connectivity index (χ0n) is 21.7. The van der Waals surface area contributed by atoms with Gasteiger partial charge in [-0.3, -0.25) is 9.69 Å². The second kappa shape index (κ2) is 10.7. The van der Waals surface area contributed by atoms with Gasteiger partial charge in [-0.25, -0.2) is 19.6 Å². The number of carboxylic acids is 1. The average molecular weight is 541 g/mol. The standard InChI is InChI=1S/C28H24N6O6/c1-16-11-12-23(21(13-16)33(3)28(38)34-15-29-17(2)32-34)39-24(26-31-20-9-4-5-10-22(20)40-26)25(35)30-19-8-6-7-18(14-19)27(36)37/h4-15,24H,1-3H3,(H,30,35)(H,36,37). The van der Waals surface area contributed by atoms with Gasteiger partial charge in [-0.05, 0) is 61.9 Å². The fraction of sp³-hybridized carbons (Fsp3) is 0.143. The maximum Gasteiger partial charge on any atom is 0.350 e. The van der Waals surface area contributed by atoms with Gasteiger partial charge in [0, 0.05) is 12.7 Å². The number of amides is 2. The van der Waals surface area contributed by atoms with Crippen LogP contribution < -0.4 is 15.0 Å². The molecule has 0 bridgehead atoms. The lowest BCUT2D eigenvalue weighted by molar-refractivity contribution is -0.123. The van der Waals surface area contributed by atoms with E-state index in [2.05, 4.69) is 20.4 Å². The van der Waals surface area contributed by atoms with E-state index in [-0.39, 0.29) is 22.9 Å². The molecule has 0 radical (unpaired) electrons. The number of nitrogens with one attached hydrogen (secondary N) is 1. The Hall–Kier alpha value is -5.52. The third-order valence-corrected chi connectivity index (χ3v) is 5.96. The lowest BCUT2D eigenvalue weighted by atomic mass is 10.2. The topological polar surface area (TPSA) is 153 Å². The van der Waals surface area contributed by atoms with Gasteiger partial charge in [0.15, 0.2) is 5.58 Å². The molecule has 0 aliphatic rings. The molecule has 0 aliphatic carbocycles. The van der Waals surface area contributed by atoms with E-state index in [1.165, 1.54) is 29.4 Å². The highest BCUT2D eigenvalue weighted by Gasteiger charge is 2.31. The lowest BCUT2D eigenvalue weighted by Gasteiger charge is -2.23. The quantitative estimate of drug-likeness (QED) is 0.302. The molecule has 40 heavy (non-hydrogen) atoms. The highest BCUT2D eigenvalue weighted by molar-refractivity contribution is 5.97. The Morgan fingerprint density at radius 2 is 1.85 bits per heavy atom. The lowest BCUT2D eigenvalue weighted by Crippen LogP contribution is -2.32. The number of carboxylic acid groups (broad SMARTS) is 1. The molecule has 2 N–H and O–H groups in total. The summed E-state index contributed by atoms with van der Waals surface area (Å²) < 4.78 is 13.2. The number of para-hydroxylation sites is 2. The number of oxazole rings is 1. The molecule has 1 unspecified atom stereocenters. The molecule has 2 aromatic heterocycles. The van der Waals surface area contributed by atoms with Gasteiger partial charge in [0.25, 0.3) is 12.0 Å². The summed E-state index contributed by atoms with van der Waals surface area (Å²) in [5.74, 6) is -1.20. The molecular formula is C28H24N6O6. The van der Waals surface area contributed by atoms with Crippen LogP contribution in [0.25, 0.3) is 11.1 Å². The van der Waals surface area contributed by atoms with Crippen LogP contribution in [0.4, 0.5) is 16.2 Å². The Bertz CT molecular complexity index is 1710. The molecule has 2 heterocycles. The molecule has 0 fully saturated rings. The Balaban J connectivity index is 1.52. The largest absolute Gasteiger partial charge is 0.478 e. The molecule has 202 valence electrons. The number of hydrogen-bond donors (Lipinski definition) is 2. The second-order valence-electron chi connectivity index (χ2n) is 8.94. The molecule has 1 atom stereocenters. The van der Waals surface area contributed by atoms with Gasteiger partial charge >= 0.3 is 12.0 Å². The third-order valence-electron chi connectivity index (χ3n) is 5.96. The van der Waals surface area contributed by atoms with Crippen molar-refractivity contribution >= 4 is 40.4 Å². The molecule has 12 nitrogen and oxygen atoms in total. The molecule has 5 rings (SSSR count). The van der Waals surface area contributed by atoms with E-state index in [0.29, 0.717) is 22.6 Å². The van der Waals surface area contributed by atoms with Gasteiger partial charge in [0.2, 0.25) is 5.89 Å². The number of aryl methyl sites for hydroxylation is 2. The number of fused-ring (bicyclic) bond motifs is 1. The number of ether oxygens (including phenoxy) is 1. The summed E-state index contributed by atoms with van der Waals surface area (Å²) in [4.78, 5) is 47.9. The fourth-order valence-corrected chi connectivity index (χ4v) is 3.97. The maximum absolute atomic E-state index is 13.6. The van der Waals surface area contributed by atoms with Crippen LogP contribution in [0.1, 0.15) is 33.7 Å². The van der Waals surface area contributed by atoms with Gasteiger partial charge in [-0.2, -0.15) is 4.68 Å². The first-order valence-corrected chi connectivity index (χ1v) is 12.1. The maximum atomic E-state index is 13.6. The summed E-state index contributed by atoms with van der Waals surface area (Å²) in [5, 5.41) is 16.1. The van der Waals surface area contributed by atoms with Crippen LogP contribution in [0.3, 0.4) is 0 Å². The van der Waals surface area contributed by atoms with Crippen molar-refractivity contribution in [2.75, 3.05) is 17.3 Å². The van der Waals surface area contributed by atoms with E-state index < -0.39 is 24.0 Å². The minimum absolute atomic E-state index is 0.00133. The van der Waals surface area contributed by atoms with E-state index in [9.17, 15) is 19.5 Å². The first-order valence-electron chi connectivity index (χ1n) is 12.1. The van der Waals surface area contributed by atoms with E-state index in [1.807, 2.05) is 6.92 Å². The monoisotopic (exact) mass is 540 g/mol. The number of nitrogens with zero attached hydrogens (tertiary/aromatic N) is 5. The van der Waals surface area contributed by atoms with Crippen LogP contribution in [0.5, 0.6) is 5.75 Å². The number of benzene rings is 3. The molecule has 0 saturated heterocycles. The van der Waals surface area contributed by atoms with Crippen LogP contribution in [0.15, 0.2) is 77.5 Å². The van der Waals surface area contributed by atoms with Gasteiger partial charge < -0.3 is 19.6 Å². The second-order valence-corrected chi connectivity index (χ2v) is 8.94. The van der Waals surface area contributed by atoms with E-state index in [4.69, 9.17) is 9.15 Å². The van der Waals surface area contributed by atoms with Crippen LogP contribution >= 0.6 is 0 Å². The van der Waals surface area contributed by atoms with Gasteiger partial charge in [0.1, 0.15) is 23.4 Å². The molecule has 2 amide bonds. The predicted molar refractivity (Wildman–Crippen MR) is 145 cm³/mol. The summed E-state index contributed by atoms with van der Waals surface area (Å²) in [6.45, 7) is 3.52. The van der Waals surface area contributed by atoms with Crippen LogP contribution in [-0.2, 0) is 4.79 Å². The summed E-state index contributed by atoms with van der Waals surface area (Å²) in [6, 6.07) is 17.4. The van der Waals surface area contributed by atoms with Crippen LogP contribution in [0.2, 0.25) is 0 Å². The molecule has 0 aliphatic heterocycles. The van der Waals surface area contributed by atoms with Crippen molar-refractivity contribution in [2.45, 2.75) is 20.0 Å². The van der Waals surface area contributed by atoms with Crippen molar-refractivity contribution in [2.24, 2.45) is 0 Å². The van der Waals surface area contributed by atoms with E-state index in [1.54, 1.807) is 62.5 Å². The number of aromatic carboxylic acids is 1. The molecule has 0 spiro atoms. The number of rotatable bonds is 7. The minimum atomic E-state index is -1.40. The first kappa shape index (κ1) is 26.1. The molecular weight excluding hydrogens is 516 g/mol. The van der Waals surface area contributed by atoms with Crippen LogP contribution in [-0.4, -0.2) is 49.8 Å². The normalized spacial score (nSPS) is 11.7. The molecule has 12 heteroatoms. The number of anilines is 2. The van der Waals surface area contributed by atoms with E-state index in [0.717, 1.165) is 10.2 Å². The predicted octanol–water partition coefficient (Wildman–Crippen LogP) is 4.60. The van der Waals surface area contributed by atoms with E-state index >= 15 is 0 Å². The smallest absolute Gasteiger partial charge is 0.350 e. The van der Waals surface area contributed by atoms with Crippen molar-refractivity contribution in [3.8, 4) is 5.75 Å². The highest BCUT2D eigenvalue weighted by Crippen LogP contribution is 2.34. The summed E-state index contributed by atoms with van der Waals surface area (Å²) in [6.07, 6.45) is -0.0935. The summed E-state index contributed by atoms with van der Waals surface area (Å²) in [7, 11) is 1.55. The zero-order chi connectivity index (χ0) is 28.4. The summed E-state index contributed by atoms with van der Waals surface area (Å²) >= 11 is 0. The Morgan fingerprint density at radius 3 is 2.58 bits per heavy atom. The first-order chi connectivity index (χ1) is 19.2. The van der Waals surface area contributed by atoms with Crippen LogP contribution in [0, 0.1) is 13.8 Å². The third kappa shape index (κ3) is 5.36. The van der Waals surface area contributed by atoms with Crippen molar-refractivity contribution in [3.63, 3.8) is 0 Å². The number of hydrogen-bond acceptors (Lipinski definition) is 8. The van der Waals surface area contributed by atoms with Gasteiger partial charge in [0.05, 0.1) is 11.3 Å². The fourth-order valence-electron chi connectivity index (χ4n) is 3.97. The Labute approximate surface area is 227 Å². The van der Waals surface area contributed by atoms with Crippen molar-refractivity contribution in [1.29, 1.82) is 0 Å². The number of carbonyl (C=O) groups excluding carboxylic acids is 2. The van der Waals surface area contributed by atoms with Gasteiger partial charge in [-0.1, -0.05) is 24.3 Å². The number of aromatic nitrogens is 4. The Morgan fingerprint density at radius 1 is 1.05 bits per heavy atom. The number of carbonyl (C=O) groups is 3. The minimum Gasteiger partial charge on any atom is -0.478 e. The highest BCUT2D eigenvalue weighted by atomic mass is 16.5. The molecule has 0 saturated carbocycles. The Kier molecular flexibility index (Phi) is 6.98.